The third-order valence-corrected chi connectivity index (χ3v) is 3.98. The van der Waals surface area contributed by atoms with Crippen LogP contribution in [0.4, 0.5) is 0 Å². The van der Waals surface area contributed by atoms with E-state index in [1.54, 1.807) is 0 Å². The maximum atomic E-state index is 12.1. The van der Waals surface area contributed by atoms with Crippen LogP contribution < -0.4 is 5.32 Å². The van der Waals surface area contributed by atoms with Gasteiger partial charge in [-0.2, -0.15) is 0 Å². The average Bonchev–Trinajstić information content (AvgIpc) is 2.84. The number of amides is 1. The van der Waals surface area contributed by atoms with E-state index in [-0.39, 0.29) is 24.1 Å². The van der Waals surface area contributed by atoms with Crippen LogP contribution in [0.5, 0.6) is 0 Å². The van der Waals surface area contributed by atoms with Crippen molar-refractivity contribution >= 4 is 5.91 Å². The van der Waals surface area contributed by atoms with Crippen molar-refractivity contribution in [1.82, 2.24) is 10.2 Å². The zero-order chi connectivity index (χ0) is 12.3. The fourth-order valence-corrected chi connectivity index (χ4v) is 2.91. The van der Waals surface area contributed by atoms with Gasteiger partial charge in [-0.25, -0.2) is 0 Å². The minimum absolute atomic E-state index is 0.102. The van der Waals surface area contributed by atoms with Gasteiger partial charge in [-0.1, -0.05) is 12.8 Å². The number of nitrogens with zero attached hydrogens (tertiary/aromatic N) is 1. The fourth-order valence-electron chi connectivity index (χ4n) is 2.91. The number of aliphatic hydroxyl groups excluding tert-OH is 1. The van der Waals surface area contributed by atoms with E-state index in [1.807, 2.05) is 11.8 Å². The Morgan fingerprint density at radius 2 is 1.88 bits per heavy atom. The van der Waals surface area contributed by atoms with Crippen LogP contribution >= 0.6 is 0 Å². The lowest BCUT2D eigenvalue weighted by Crippen LogP contribution is -2.52. The number of rotatable bonds is 3. The van der Waals surface area contributed by atoms with Gasteiger partial charge in [0.05, 0.1) is 12.1 Å². The molecular weight excluding hydrogens is 216 g/mol. The zero-order valence-electron chi connectivity index (χ0n) is 10.7. The maximum absolute atomic E-state index is 12.1. The molecule has 0 aromatic rings. The van der Waals surface area contributed by atoms with Crippen LogP contribution in [0.3, 0.4) is 0 Å². The summed E-state index contributed by atoms with van der Waals surface area (Å²) in [4.78, 5) is 14.0. The fraction of sp³-hybridized carbons (Fsp3) is 0.923. The Morgan fingerprint density at radius 1 is 1.24 bits per heavy atom. The molecule has 0 spiro atoms. The highest BCUT2D eigenvalue weighted by atomic mass is 16.3. The first-order chi connectivity index (χ1) is 8.18. The van der Waals surface area contributed by atoms with Gasteiger partial charge in [0.1, 0.15) is 0 Å². The predicted molar refractivity (Wildman–Crippen MR) is 66.7 cm³/mol. The molecule has 1 saturated heterocycles. The topological polar surface area (TPSA) is 52.6 Å². The quantitative estimate of drug-likeness (QED) is 0.770. The second kappa shape index (κ2) is 5.83. The van der Waals surface area contributed by atoms with Crippen LogP contribution in [0.1, 0.15) is 45.4 Å². The Morgan fingerprint density at radius 3 is 2.53 bits per heavy atom. The van der Waals surface area contributed by atoms with Gasteiger partial charge in [0, 0.05) is 19.1 Å². The Balaban J connectivity index is 1.82. The zero-order valence-corrected chi connectivity index (χ0v) is 10.7. The second-order valence-corrected chi connectivity index (χ2v) is 5.38. The second-order valence-electron chi connectivity index (χ2n) is 5.38. The Bertz CT molecular complexity index is 264. The van der Waals surface area contributed by atoms with Crippen molar-refractivity contribution in [3.05, 3.63) is 0 Å². The number of carbonyl (C=O) groups excluding carboxylic acids is 1. The number of nitrogens with one attached hydrogen (secondary N) is 1. The van der Waals surface area contributed by atoms with E-state index in [1.165, 1.54) is 0 Å². The molecule has 4 nitrogen and oxygen atoms in total. The van der Waals surface area contributed by atoms with Crippen LogP contribution in [0.2, 0.25) is 0 Å². The Hall–Kier alpha value is -0.610. The molecule has 0 bridgehead atoms. The van der Waals surface area contributed by atoms with Gasteiger partial charge < -0.3 is 15.3 Å². The normalized spacial score (nSPS) is 31.5. The first-order valence-electron chi connectivity index (χ1n) is 6.91. The highest BCUT2D eigenvalue weighted by molar-refractivity contribution is 5.81. The van der Waals surface area contributed by atoms with Crippen molar-refractivity contribution in [3.8, 4) is 0 Å². The van der Waals surface area contributed by atoms with E-state index in [9.17, 15) is 9.90 Å². The molecule has 3 atom stereocenters. The molecule has 1 heterocycles. The molecule has 3 unspecified atom stereocenters. The standard InChI is InChI=1S/C13H24N2O2/c1-10(13(17)15-8-4-5-9-15)14-11-6-2-3-7-12(11)16/h10-12,14,16H,2-9H2,1H3. The molecule has 4 heteroatoms. The minimum atomic E-state index is -0.280. The van der Waals surface area contributed by atoms with E-state index in [0.29, 0.717) is 0 Å². The lowest BCUT2D eigenvalue weighted by molar-refractivity contribution is -0.132. The van der Waals surface area contributed by atoms with Crippen LogP contribution in [0, 0.1) is 0 Å². The smallest absolute Gasteiger partial charge is 0.239 e. The number of aliphatic hydroxyl groups is 1. The van der Waals surface area contributed by atoms with E-state index >= 15 is 0 Å². The molecule has 2 fully saturated rings. The molecule has 1 amide bonds. The van der Waals surface area contributed by atoms with Crippen LogP contribution in [-0.2, 0) is 4.79 Å². The largest absolute Gasteiger partial charge is 0.392 e. The Labute approximate surface area is 103 Å². The molecule has 1 aliphatic carbocycles. The van der Waals surface area contributed by atoms with E-state index < -0.39 is 0 Å². The van der Waals surface area contributed by atoms with Crippen molar-refractivity contribution in [2.45, 2.75) is 63.6 Å². The maximum Gasteiger partial charge on any atom is 0.239 e. The summed E-state index contributed by atoms with van der Waals surface area (Å²) >= 11 is 0. The van der Waals surface area contributed by atoms with Crippen LogP contribution in [0.25, 0.3) is 0 Å². The lowest BCUT2D eigenvalue weighted by atomic mass is 9.92. The molecular formula is C13H24N2O2. The molecule has 98 valence electrons. The van der Waals surface area contributed by atoms with Crippen molar-refractivity contribution in [2.75, 3.05) is 13.1 Å². The SMILES string of the molecule is CC(NC1CCCCC1O)C(=O)N1CCCC1. The summed E-state index contributed by atoms with van der Waals surface area (Å²) in [5.74, 6) is 0.195. The molecule has 0 aromatic heterocycles. The van der Waals surface area contributed by atoms with Gasteiger partial charge in [-0.3, -0.25) is 4.79 Å². The van der Waals surface area contributed by atoms with E-state index in [2.05, 4.69) is 5.32 Å². The number of hydrogen-bond donors (Lipinski definition) is 2. The first-order valence-corrected chi connectivity index (χ1v) is 6.91. The highest BCUT2D eigenvalue weighted by Gasteiger charge is 2.28. The number of hydrogen-bond acceptors (Lipinski definition) is 3. The molecule has 0 aromatic carbocycles. The summed E-state index contributed by atoms with van der Waals surface area (Å²) in [7, 11) is 0. The molecule has 17 heavy (non-hydrogen) atoms. The minimum Gasteiger partial charge on any atom is -0.392 e. The monoisotopic (exact) mass is 240 g/mol. The molecule has 2 rings (SSSR count). The summed E-state index contributed by atoms with van der Waals surface area (Å²) < 4.78 is 0. The van der Waals surface area contributed by atoms with Crippen molar-refractivity contribution in [1.29, 1.82) is 0 Å². The van der Waals surface area contributed by atoms with Gasteiger partial charge in [0.15, 0.2) is 0 Å². The number of likely N-dealkylation sites (tertiary alicyclic amines) is 1. The number of carbonyl (C=O) groups is 1. The van der Waals surface area contributed by atoms with Gasteiger partial charge in [-0.05, 0) is 32.6 Å². The van der Waals surface area contributed by atoms with Gasteiger partial charge in [-0.15, -0.1) is 0 Å². The van der Waals surface area contributed by atoms with Crippen LogP contribution in [-0.4, -0.2) is 47.2 Å². The molecule has 2 N–H and O–H groups in total. The van der Waals surface area contributed by atoms with Gasteiger partial charge in [0.2, 0.25) is 5.91 Å². The van der Waals surface area contributed by atoms with Gasteiger partial charge in [0.25, 0.3) is 0 Å². The summed E-state index contributed by atoms with van der Waals surface area (Å²) in [5.41, 5.74) is 0. The summed E-state index contributed by atoms with van der Waals surface area (Å²) in [6.07, 6.45) is 6.08. The summed E-state index contributed by atoms with van der Waals surface area (Å²) in [6, 6.07) is -0.0591. The summed E-state index contributed by atoms with van der Waals surface area (Å²) in [6.45, 7) is 3.72. The third kappa shape index (κ3) is 3.19. The molecule has 1 aliphatic heterocycles. The van der Waals surface area contributed by atoms with Crippen molar-refractivity contribution in [2.24, 2.45) is 0 Å². The molecule has 1 saturated carbocycles. The predicted octanol–water partition coefficient (Wildman–Crippen LogP) is 0.890. The van der Waals surface area contributed by atoms with Crippen LogP contribution in [0.15, 0.2) is 0 Å². The first kappa shape index (κ1) is 12.8. The summed E-state index contributed by atoms with van der Waals surface area (Å²) in [5, 5.41) is 13.2. The van der Waals surface area contributed by atoms with Gasteiger partial charge >= 0.3 is 0 Å². The molecule has 0 radical (unpaired) electrons. The molecule has 2 aliphatic rings. The average molecular weight is 240 g/mol. The third-order valence-electron chi connectivity index (χ3n) is 3.98. The lowest BCUT2D eigenvalue weighted by Gasteiger charge is -2.32. The Kier molecular flexibility index (Phi) is 4.40. The van der Waals surface area contributed by atoms with Crippen molar-refractivity contribution < 1.29 is 9.90 Å². The highest BCUT2D eigenvalue weighted by Crippen LogP contribution is 2.19. The van der Waals surface area contributed by atoms with Crippen molar-refractivity contribution in [3.63, 3.8) is 0 Å². The van der Waals surface area contributed by atoms with E-state index in [4.69, 9.17) is 0 Å². The van der Waals surface area contributed by atoms with E-state index in [0.717, 1.165) is 51.6 Å².